The van der Waals surface area contributed by atoms with Crippen molar-refractivity contribution >= 4 is 18.2 Å². The van der Waals surface area contributed by atoms with E-state index in [1.165, 1.54) is 0 Å². The number of hydrogen-bond acceptors (Lipinski definition) is 4. The summed E-state index contributed by atoms with van der Waals surface area (Å²) >= 11 is -4.76. The van der Waals surface area contributed by atoms with Crippen molar-refractivity contribution in [2.75, 3.05) is 0 Å². The maximum absolute atomic E-state index is 6.51. The first-order chi connectivity index (χ1) is 12.1. The van der Waals surface area contributed by atoms with Crippen LogP contribution in [-0.4, -0.2) is 13.8 Å². The van der Waals surface area contributed by atoms with Gasteiger partial charge in [0.25, 0.3) is 0 Å². The molecule has 2 aliphatic rings. The van der Waals surface area contributed by atoms with Crippen LogP contribution in [0.2, 0.25) is 0 Å². The SMILES string of the molecule is Cc1cccc2c1O[As]1(c3ccccc3)(O2)Oc2cccc(C)c2O1. The van der Waals surface area contributed by atoms with Crippen molar-refractivity contribution in [2.24, 2.45) is 0 Å². The van der Waals surface area contributed by atoms with Gasteiger partial charge in [0, 0.05) is 0 Å². The summed E-state index contributed by atoms with van der Waals surface area (Å²) in [4.78, 5) is 0. The second-order valence-corrected chi connectivity index (χ2v) is 12.3. The number of para-hydroxylation sites is 2. The van der Waals surface area contributed by atoms with Gasteiger partial charge in [0.2, 0.25) is 0 Å². The van der Waals surface area contributed by atoms with Crippen LogP contribution in [0.1, 0.15) is 11.1 Å². The molecule has 4 nitrogen and oxygen atoms in total. The Balaban J connectivity index is 1.77. The number of rotatable bonds is 1. The van der Waals surface area contributed by atoms with E-state index in [1.54, 1.807) is 0 Å². The van der Waals surface area contributed by atoms with Crippen molar-refractivity contribution in [2.45, 2.75) is 13.8 Å². The Morgan fingerprint density at radius 2 is 1.08 bits per heavy atom. The van der Waals surface area contributed by atoms with E-state index in [0.29, 0.717) is 23.0 Å². The standard InChI is InChI=1S/C20H17AsO4/c1-14-8-6-12-17-19(14)24-21(22-17,16-10-4-3-5-11-16)23-18-13-7-9-15(2)20(18)25-21/h3-13H,1-2H3. The second kappa shape index (κ2) is 4.74. The number of aryl methyl sites for hydroxylation is 2. The summed E-state index contributed by atoms with van der Waals surface area (Å²) in [5.74, 6) is 2.73. The molecule has 0 radical (unpaired) electrons. The van der Waals surface area contributed by atoms with Gasteiger partial charge >= 0.3 is 148 Å². The van der Waals surface area contributed by atoms with E-state index in [1.807, 2.05) is 80.6 Å². The summed E-state index contributed by atoms with van der Waals surface area (Å²) in [5, 5.41) is 0. The van der Waals surface area contributed by atoms with Crippen LogP contribution in [-0.2, 0) is 0 Å². The van der Waals surface area contributed by atoms with Gasteiger partial charge in [0.1, 0.15) is 0 Å². The predicted octanol–water partition coefficient (Wildman–Crippen LogP) is 3.84. The van der Waals surface area contributed by atoms with Crippen LogP contribution in [0.3, 0.4) is 0 Å². The fraction of sp³-hybridized carbons (Fsp3) is 0.100. The molecule has 2 aliphatic heterocycles. The van der Waals surface area contributed by atoms with E-state index >= 15 is 0 Å². The Morgan fingerprint density at radius 1 is 0.560 bits per heavy atom. The minimum atomic E-state index is -4.76. The van der Waals surface area contributed by atoms with E-state index in [2.05, 4.69) is 0 Å². The minimum absolute atomic E-state index is 0.667. The molecule has 0 saturated carbocycles. The van der Waals surface area contributed by atoms with Crippen molar-refractivity contribution in [3.05, 3.63) is 77.9 Å². The molecule has 25 heavy (non-hydrogen) atoms. The third kappa shape index (κ3) is 1.89. The molecule has 0 aromatic heterocycles. The molecule has 0 amide bonds. The van der Waals surface area contributed by atoms with Gasteiger partial charge in [-0.25, -0.2) is 0 Å². The van der Waals surface area contributed by atoms with Gasteiger partial charge in [0.05, 0.1) is 0 Å². The number of hydrogen-bond donors (Lipinski definition) is 0. The molecule has 2 heterocycles. The Morgan fingerprint density at radius 3 is 1.56 bits per heavy atom. The van der Waals surface area contributed by atoms with Gasteiger partial charge in [-0.05, 0) is 0 Å². The summed E-state index contributed by atoms with van der Waals surface area (Å²) < 4.78 is 26.8. The first-order valence-corrected chi connectivity index (χ1v) is 12.2. The molecule has 3 aromatic carbocycles. The monoisotopic (exact) mass is 396 g/mol. The van der Waals surface area contributed by atoms with Crippen LogP contribution in [0.25, 0.3) is 0 Å². The zero-order chi connectivity index (χ0) is 17.1. The average Bonchev–Trinajstić information content (AvgIpc) is 3.15. The number of fused-ring (bicyclic) bond motifs is 2. The van der Waals surface area contributed by atoms with E-state index in [4.69, 9.17) is 14.9 Å². The molecule has 0 bridgehead atoms. The molecule has 0 N–H and O–H groups in total. The maximum atomic E-state index is 6.51. The normalized spacial score (nSPS) is 19.4. The average molecular weight is 396 g/mol. The molecule has 0 saturated heterocycles. The van der Waals surface area contributed by atoms with Crippen LogP contribution >= 0.6 is 0 Å². The predicted molar refractivity (Wildman–Crippen MR) is 96.7 cm³/mol. The van der Waals surface area contributed by atoms with Crippen molar-refractivity contribution in [1.29, 1.82) is 0 Å². The van der Waals surface area contributed by atoms with E-state index in [-0.39, 0.29) is 0 Å². The van der Waals surface area contributed by atoms with E-state index in [0.717, 1.165) is 15.5 Å². The first kappa shape index (κ1) is 14.7. The molecule has 1 spiro atoms. The van der Waals surface area contributed by atoms with E-state index in [9.17, 15) is 0 Å². The zero-order valence-corrected chi connectivity index (χ0v) is 15.8. The first-order valence-electron chi connectivity index (χ1n) is 8.17. The van der Waals surface area contributed by atoms with Crippen LogP contribution in [0.5, 0.6) is 23.0 Å². The van der Waals surface area contributed by atoms with Crippen LogP contribution in [0.4, 0.5) is 0 Å². The summed E-state index contributed by atoms with van der Waals surface area (Å²) in [6.45, 7) is 3.99. The summed E-state index contributed by atoms with van der Waals surface area (Å²) in [6.07, 6.45) is 0. The molecule has 3 aromatic rings. The fourth-order valence-electron chi connectivity index (χ4n) is 3.28. The van der Waals surface area contributed by atoms with E-state index < -0.39 is 13.8 Å². The van der Waals surface area contributed by atoms with Crippen LogP contribution in [0, 0.1) is 13.8 Å². The van der Waals surface area contributed by atoms with Crippen molar-refractivity contribution < 1.29 is 14.9 Å². The second-order valence-electron chi connectivity index (χ2n) is 6.32. The molecule has 0 fully saturated rings. The number of benzene rings is 3. The van der Waals surface area contributed by atoms with Crippen LogP contribution in [0.15, 0.2) is 66.7 Å². The molecule has 0 aliphatic carbocycles. The van der Waals surface area contributed by atoms with Crippen molar-refractivity contribution in [3.63, 3.8) is 0 Å². The molecule has 5 rings (SSSR count). The summed E-state index contributed by atoms with van der Waals surface area (Å²) in [5.41, 5.74) is 1.99. The Kier molecular flexibility index (Phi) is 2.79. The van der Waals surface area contributed by atoms with Gasteiger partial charge in [0.15, 0.2) is 0 Å². The molecule has 126 valence electrons. The van der Waals surface area contributed by atoms with Crippen molar-refractivity contribution in [1.82, 2.24) is 0 Å². The molecular formula is C20H17AsO4. The Hall–Kier alpha value is -2.58. The quantitative estimate of drug-likeness (QED) is 0.586. The fourth-order valence-corrected chi connectivity index (χ4v) is 10.3. The molecular weight excluding hydrogens is 379 g/mol. The topological polar surface area (TPSA) is 36.9 Å². The van der Waals surface area contributed by atoms with Gasteiger partial charge in [-0.3, -0.25) is 0 Å². The Bertz CT molecular complexity index is 938. The zero-order valence-electron chi connectivity index (χ0n) is 13.9. The van der Waals surface area contributed by atoms with Crippen molar-refractivity contribution in [3.8, 4) is 23.0 Å². The molecule has 0 unspecified atom stereocenters. The van der Waals surface area contributed by atoms with Gasteiger partial charge in [-0.1, -0.05) is 0 Å². The van der Waals surface area contributed by atoms with Gasteiger partial charge in [-0.15, -0.1) is 0 Å². The summed E-state index contributed by atoms with van der Waals surface area (Å²) in [6, 6.07) is 21.4. The van der Waals surface area contributed by atoms with Crippen LogP contribution < -0.4 is 19.3 Å². The summed E-state index contributed by atoms with van der Waals surface area (Å²) in [7, 11) is 0. The molecule has 0 atom stereocenters. The Labute approximate surface area is 148 Å². The van der Waals surface area contributed by atoms with Gasteiger partial charge in [-0.2, -0.15) is 0 Å². The molecule has 5 heteroatoms. The third-order valence-corrected chi connectivity index (χ3v) is 11.2. The third-order valence-electron chi connectivity index (χ3n) is 4.54. The van der Waals surface area contributed by atoms with Gasteiger partial charge < -0.3 is 0 Å².